The lowest BCUT2D eigenvalue weighted by atomic mass is 10.2. The van der Waals surface area contributed by atoms with E-state index in [1.807, 2.05) is 36.4 Å². The van der Waals surface area contributed by atoms with Gasteiger partial charge in [-0.2, -0.15) is 0 Å². The number of hydrogen-bond donors (Lipinski definition) is 1. The second-order valence-corrected chi connectivity index (χ2v) is 4.20. The first kappa shape index (κ1) is 13.5. The zero-order valence-electron chi connectivity index (χ0n) is 11.1. The van der Waals surface area contributed by atoms with E-state index in [-0.39, 0.29) is 0 Å². The van der Waals surface area contributed by atoms with Gasteiger partial charge >= 0.3 is 0 Å². The fourth-order valence-corrected chi connectivity index (χ4v) is 1.80. The van der Waals surface area contributed by atoms with E-state index in [2.05, 4.69) is 0 Å². The summed E-state index contributed by atoms with van der Waals surface area (Å²) in [5.74, 6) is 3.18. The Labute approximate surface area is 113 Å². The number of methoxy groups -OCH3 is 1. The summed E-state index contributed by atoms with van der Waals surface area (Å²) in [5.41, 5.74) is 5.47. The quantitative estimate of drug-likeness (QED) is 0.832. The van der Waals surface area contributed by atoms with Crippen LogP contribution in [-0.4, -0.2) is 13.7 Å². The van der Waals surface area contributed by atoms with Crippen LogP contribution < -0.4 is 15.2 Å². The highest BCUT2D eigenvalue weighted by molar-refractivity contribution is 5.39. The van der Waals surface area contributed by atoms with Crippen molar-refractivity contribution in [3.8, 4) is 11.5 Å². The van der Waals surface area contributed by atoms with Gasteiger partial charge in [0.15, 0.2) is 11.5 Å². The van der Waals surface area contributed by atoms with Crippen LogP contribution in [0.1, 0.15) is 17.9 Å². The van der Waals surface area contributed by atoms with E-state index in [9.17, 15) is 0 Å². The van der Waals surface area contributed by atoms with Gasteiger partial charge in [-0.05, 0) is 37.2 Å². The smallest absolute Gasteiger partial charge is 0.161 e. The highest BCUT2D eigenvalue weighted by Gasteiger charge is 2.06. The van der Waals surface area contributed by atoms with Crippen molar-refractivity contribution in [1.82, 2.24) is 0 Å². The van der Waals surface area contributed by atoms with Gasteiger partial charge in [-0.25, -0.2) is 0 Å². The summed E-state index contributed by atoms with van der Waals surface area (Å²) in [7, 11) is 1.63. The van der Waals surface area contributed by atoms with E-state index in [0.717, 1.165) is 30.1 Å². The minimum atomic E-state index is 0.392. The van der Waals surface area contributed by atoms with Crippen molar-refractivity contribution in [2.75, 3.05) is 13.7 Å². The third-order valence-corrected chi connectivity index (χ3v) is 2.78. The average Bonchev–Trinajstić information content (AvgIpc) is 2.91. The first-order chi connectivity index (χ1) is 9.33. The van der Waals surface area contributed by atoms with Gasteiger partial charge < -0.3 is 19.6 Å². The number of ether oxygens (including phenoxy) is 2. The number of benzene rings is 1. The Morgan fingerprint density at radius 1 is 1.05 bits per heavy atom. The topological polar surface area (TPSA) is 57.6 Å². The van der Waals surface area contributed by atoms with Crippen LogP contribution in [0.3, 0.4) is 0 Å². The molecule has 0 fully saturated rings. The molecule has 1 aromatic carbocycles. The van der Waals surface area contributed by atoms with Gasteiger partial charge in [-0.15, -0.1) is 0 Å². The molecule has 1 aromatic heterocycles. The Kier molecular flexibility index (Phi) is 4.86. The zero-order valence-corrected chi connectivity index (χ0v) is 11.1. The molecule has 0 amide bonds. The van der Waals surface area contributed by atoms with Crippen molar-refractivity contribution < 1.29 is 13.9 Å². The van der Waals surface area contributed by atoms with Gasteiger partial charge in [0, 0.05) is 6.42 Å². The van der Waals surface area contributed by atoms with Gasteiger partial charge in [0.05, 0.1) is 7.11 Å². The van der Waals surface area contributed by atoms with Crippen LogP contribution in [0.15, 0.2) is 40.8 Å². The SMILES string of the molecule is COc1ccccc1OCc1ccc(CCCN)o1. The fourth-order valence-electron chi connectivity index (χ4n) is 1.80. The highest BCUT2D eigenvalue weighted by Crippen LogP contribution is 2.26. The maximum Gasteiger partial charge on any atom is 0.161 e. The lowest BCUT2D eigenvalue weighted by molar-refractivity contribution is 0.252. The van der Waals surface area contributed by atoms with Crippen LogP contribution in [0.4, 0.5) is 0 Å². The molecule has 4 heteroatoms. The van der Waals surface area contributed by atoms with Crippen molar-refractivity contribution in [1.29, 1.82) is 0 Å². The molecule has 102 valence electrons. The van der Waals surface area contributed by atoms with Crippen LogP contribution in [0, 0.1) is 0 Å². The molecule has 0 unspecified atom stereocenters. The van der Waals surface area contributed by atoms with Crippen LogP contribution >= 0.6 is 0 Å². The number of aryl methyl sites for hydroxylation is 1. The lowest BCUT2D eigenvalue weighted by Crippen LogP contribution is -1.99. The van der Waals surface area contributed by atoms with E-state index in [0.29, 0.717) is 18.9 Å². The number of rotatable bonds is 7. The van der Waals surface area contributed by atoms with E-state index < -0.39 is 0 Å². The number of para-hydroxylation sites is 2. The number of hydrogen-bond acceptors (Lipinski definition) is 4. The van der Waals surface area contributed by atoms with E-state index in [1.54, 1.807) is 7.11 Å². The Hall–Kier alpha value is -1.94. The Bertz CT molecular complexity index is 508. The lowest BCUT2D eigenvalue weighted by Gasteiger charge is -2.08. The second-order valence-electron chi connectivity index (χ2n) is 4.20. The standard InChI is InChI=1S/C15H19NO3/c1-17-14-6-2-3-7-15(14)18-11-13-9-8-12(19-13)5-4-10-16/h2-3,6-9H,4-5,10-11,16H2,1H3. The van der Waals surface area contributed by atoms with Crippen molar-refractivity contribution in [3.05, 3.63) is 47.9 Å². The van der Waals surface area contributed by atoms with Gasteiger partial charge in [-0.3, -0.25) is 0 Å². The molecule has 2 N–H and O–H groups in total. The predicted molar refractivity (Wildman–Crippen MR) is 73.4 cm³/mol. The molecule has 0 aliphatic heterocycles. The maximum atomic E-state index is 5.69. The molecule has 0 bridgehead atoms. The summed E-state index contributed by atoms with van der Waals surface area (Å²) >= 11 is 0. The predicted octanol–water partition coefficient (Wildman–Crippen LogP) is 2.76. The molecule has 0 atom stereocenters. The van der Waals surface area contributed by atoms with Crippen LogP contribution in [0.25, 0.3) is 0 Å². The Morgan fingerprint density at radius 2 is 1.79 bits per heavy atom. The normalized spacial score (nSPS) is 10.4. The summed E-state index contributed by atoms with van der Waals surface area (Å²) in [5, 5.41) is 0. The molecule has 4 nitrogen and oxygen atoms in total. The third-order valence-electron chi connectivity index (χ3n) is 2.78. The summed E-state index contributed by atoms with van der Waals surface area (Å²) in [6.07, 6.45) is 1.80. The molecule has 2 aromatic rings. The fraction of sp³-hybridized carbons (Fsp3) is 0.333. The second kappa shape index (κ2) is 6.85. The molecule has 0 spiro atoms. The van der Waals surface area contributed by atoms with Gasteiger partial charge in [-0.1, -0.05) is 12.1 Å². The highest BCUT2D eigenvalue weighted by atomic mass is 16.5. The molecular formula is C15H19NO3. The van der Waals surface area contributed by atoms with Crippen molar-refractivity contribution in [3.63, 3.8) is 0 Å². The molecule has 1 heterocycles. The summed E-state index contributed by atoms with van der Waals surface area (Å²) < 4.78 is 16.6. The molecule has 0 radical (unpaired) electrons. The molecule has 19 heavy (non-hydrogen) atoms. The van der Waals surface area contributed by atoms with Crippen molar-refractivity contribution in [2.24, 2.45) is 5.73 Å². The first-order valence-electron chi connectivity index (χ1n) is 6.37. The number of nitrogens with two attached hydrogens (primary N) is 1. The van der Waals surface area contributed by atoms with Gasteiger partial charge in [0.25, 0.3) is 0 Å². The summed E-state index contributed by atoms with van der Waals surface area (Å²) in [4.78, 5) is 0. The molecule has 0 aliphatic rings. The summed E-state index contributed by atoms with van der Waals surface area (Å²) in [6.45, 7) is 1.07. The van der Waals surface area contributed by atoms with Crippen molar-refractivity contribution >= 4 is 0 Å². The van der Waals surface area contributed by atoms with E-state index >= 15 is 0 Å². The minimum absolute atomic E-state index is 0.392. The molecular weight excluding hydrogens is 242 g/mol. The Balaban J connectivity index is 1.93. The summed E-state index contributed by atoms with van der Waals surface area (Å²) in [6, 6.07) is 11.5. The average molecular weight is 261 g/mol. The first-order valence-corrected chi connectivity index (χ1v) is 6.37. The molecule has 2 rings (SSSR count). The third kappa shape index (κ3) is 3.76. The van der Waals surface area contributed by atoms with Crippen molar-refractivity contribution in [2.45, 2.75) is 19.4 Å². The van der Waals surface area contributed by atoms with Gasteiger partial charge in [0.2, 0.25) is 0 Å². The minimum Gasteiger partial charge on any atom is -0.493 e. The number of furan rings is 1. The van der Waals surface area contributed by atoms with Gasteiger partial charge in [0.1, 0.15) is 18.1 Å². The monoisotopic (exact) mass is 261 g/mol. The molecule has 0 saturated carbocycles. The molecule has 0 saturated heterocycles. The van der Waals surface area contributed by atoms with Crippen LogP contribution in [-0.2, 0) is 13.0 Å². The van der Waals surface area contributed by atoms with E-state index in [4.69, 9.17) is 19.6 Å². The largest absolute Gasteiger partial charge is 0.493 e. The Morgan fingerprint density at radius 3 is 2.53 bits per heavy atom. The van der Waals surface area contributed by atoms with Crippen LogP contribution in [0.2, 0.25) is 0 Å². The molecule has 0 aliphatic carbocycles. The van der Waals surface area contributed by atoms with E-state index in [1.165, 1.54) is 0 Å². The van der Waals surface area contributed by atoms with Crippen LogP contribution in [0.5, 0.6) is 11.5 Å². The zero-order chi connectivity index (χ0) is 13.5. The maximum absolute atomic E-state index is 5.69.